The summed E-state index contributed by atoms with van der Waals surface area (Å²) in [4.78, 5) is 10.6. The van der Waals surface area contributed by atoms with Crippen LogP contribution in [0.15, 0.2) is 0 Å². The van der Waals surface area contributed by atoms with Gasteiger partial charge in [-0.2, -0.15) is 0 Å². The fraction of sp³-hybridized carbons (Fsp3) is 0.990. The van der Waals surface area contributed by atoms with Gasteiger partial charge in [0.2, 0.25) is 0 Å². The molecule has 0 rings (SSSR count). The average Bonchev–Trinajstić information content (AvgIpc) is 3.83. The molecule has 1 atom stereocenters. The molecular formula is C100H200O3. The van der Waals surface area contributed by atoms with Gasteiger partial charge in [0.1, 0.15) is 0 Å². The minimum Gasteiger partial charge on any atom is -0.481 e. The normalized spacial score (nSPS) is 12.1. The van der Waals surface area contributed by atoms with Gasteiger partial charge < -0.3 is 10.2 Å². The molecule has 3 nitrogen and oxygen atoms in total. The Kier molecular flexibility index (Phi) is 97.0. The van der Waals surface area contributed by atoms with E-state index >= 15 is 0 Å². The van der Waals surface area contributed by atoms with E-state index in [0.29, 0.717) is 6.42 Å². The zero-order valence-corrected chi connectivity index (χ0v) is 72.0. The molecule has 0 aromatic carbocycles. The van der Waals surface area contributed by atoms with Crippen molar-refractivity contribution >= 4 is 5.97 Å². The maximum Gasteiger partial charge on any atom is 0.305 e. The smallest absolute Gasteiger partial charge is 0.305 e. The Bertz CT molecular complexity index is 1440. The second-order valence-electron chi connectivity index (χ2n) is 35.3. The zero-order chi connectivity index (χ0) is 73.7. The topological polar surface area (TPSA) is 57.5 Å². The van der Waals surface area contributed by atoms with Gasteiger partial charge in [-0.15, -0.1) is 0 Å². The lowest BCUT2D eigenvalue weighted by atomic mass is 10.0. The molecule has 0 aromatic rings. The van der Waals surface area contributed by atoms with E-state index in [1.165, 1.54) is 597 Å². The summed E-state index contributed by atoms with van der Waals surface area (Å²) in [5, 5.41) is 18.3. The minimum absolute atomic E-state index is 0.111. The molecule has 2 N–H and O–H groups in total. The molecule has 3 heteroatoms. The number of aliphatic carboxylic acids is 1. The molecule has 0 bridgehead atoms. The largest absolute Gasteiger partial charge is 0.481 e. The van der Waals surface area contributed by atoms with E-state index in [1.54, 1.807) is 0 Å². The van der Waals surface area contributed by atoms with Crippen LogP contribution in [-0.4, -0.2) is 22.3 Å². The van der Waals surface area contributed by atoms with Crippen LogP contribution in [0.25, 0.3) is 0 Å². The van der Waals surface area contributed by atoms with Crippen molar-refractivity contribution in [3.8, 4) is 0 Å². The molecule has 0 aliphatic rings. The van der Waals surface area contributed by atoms with E-state index in [0.717, 1.165) is 12.8 Å². The van der Waals surface area contributed by atoms with Gasteiger partial charge in [0.05, 0.1) is 12.5 Å². The number of rotatable bonds is 98. The summed E-state index contributed by atoms with van der Waals surface area (Å²) in [5.74, 6) is -0.897. The van der Waals surface area contributed by atoms with Crippen LogP contribution < -0.4 is 0 Å². The lowest BCUT2D eigenvalue weighted by Crippen LogP contribution is -2.12. The summed E-state index contributed by atoms with van der Waals surface area (Å²) in [6, 6.07) is 0. The summed E-state index contributed by atoms with van der Waals surface area (Å²) in [6.45, 7) is 2.32. The van der Waals surface area contributed by atoms with Crippen molar-refractivity contribution in [2.45, 2.75) is 636 Å². The van der Waals surface area contributed by atoms with Gasteiger partial charge in [0, 0.05) is 0 Å². The Balaban J connectivity index is 3.10. The molecule has 0 heterocycles. The molecule has 1 unspecified atom stereocenters. The Morgan fingerprint density at radius 2 is 0.233 bits per heavy atom. The highest BCUT2D eigenvalue weighted by molar-refractivity contribution is 5.67. The Morgan fingerprint density at radius 1 is 0.155 bits per heavy atom. The molecule has 618 valence electrons. The van der Waals surface area contributed by atoms with Crippen LogP contribution in [0.2, 0.25) is 0 Å². The summed E-state index contributed by atoms with van der Waals surface area (Å²) in [7, 11) is 0. The van der Waals surface area contributed by atoms with Gasteiger partial charge in [-0.3, -0.25) is 4.79 Å². The lowest BCUT2D eigenvalue weighted by molar-refractivity contribution is -0.139. The van der Waals surface area contributed by atoms with E-state index in [9.17, 15) is 9.90 Å². The summed E-state index contributed by atoms with van der Waals surface area (Å²) in [5.41, 5.74) is 0. The quantitative estimate of drug-likeness (QED) is 0.0597. The van der Waals surface area contributed by atoms with Gasteiger partial charge in [-0.05, 0) is 6.42 Å². The predicted molar refractivity (Wildman–Crippen MR) is 467 cm³/mol. The third-order valence-corrected chi connectivity index (χ3v) is 24.6. The monoisotopic (exact) mass is 1450 g/mol. The van der Waals surface area contributed by atoms with E-state index in [1.807, 2.05) is 0 Å². The number of aliphatic hydroxyl groups is 1. The first kappa shape index (κ1) is 102. The van der Waals surface area contributed by atoms with Crippen LogP contribution >= 0.6 is 0 Å². The molecule has 0 saturated carbocycles. The summed E-state index contributed by atoms with van der Waals surface area (Å²) in [6.07, 6.45) is 139. The van der Waals surface area contributed by atoms with E-state index in [4.69, 9.17) is 5.11 Å². The third-order valence-electron chi connectivity index (χ3n) is 24.6. The molecule has 0 amide bonds. The molecular weight excluding hydrogens is 1250 g/mol. The number of hydrogen-bond acceptors (Lipinski definition) is 2. The molecule has 103 heavy (non-hydrogen) atoms. The third kappa shape index (κ3) is 99.4. The maximum absolute atomic E-state index is 10.6. The molecule has 0 saturated heterocycles. The highest BCUT2D eigenvalue weighted by Crippen LogP contribution is 2.24. The number of carboxylic acid groups (broad SMARTS) is 1. The Labute approximate surface area is 653 Å². The average molecular weight is 1450 g/mol. The van der Waals surface area contributed by atoms with Crippen LogP contribution in [0.4, 0.5) is 0 Å². The summed E-state index contributed by atoms with van der Waals surface area (Å²) < 4.78 is 0. The van der Waals surface area contributed by atoms with Crippen molar-refractivity contribution in [3.05, 3.63) is 0 Å². The minimum atomic E-state index is -0.897. The second-order valence-corrected chi connectivity index (χ2v) is 35.3. The fourth-order valence-electron chi connectivity index (χ4n) is 17.2. The Morgan fingerprint density at radius 3 is 0.311 bits per heavy atom. The van der Waals surface area contributed by atoms with Crippen molar-refractivity contribution in [1.82, 2.24) is 0 Å². The van der Waals surface area contributed by atoms with Crippen LogP contribution in [-0.2, 0) is 4.79 Å². The number of aliphatic hydroxyl groups excluding tert-OH is 1. The van der Waals surface area contributed by atoms with Crippen LogP contribution in [0.5, 0.6) is 0 Å². The number of carboxylic acids is 1. The predicted octanol–water partition coefficient (Wildman–Crippen LogP) is 37.3. The van der Waals surface area contributed by atoms with Crippen LogP contribution in [0.3, 0.4) is 0 Å². The van der Waals surface area contributed by atoms with Crippen molar-refractivity contribution < 1.29 is 15.0 Å². The number of unbranched alkanes of at least 4 members (excludes halogenated alkanes) is 94. The molecule has 0 aromatic heterocycles. The number of carbonyl (C=O) groups is 1. The van der Waals surface area contributed by atoms with Gasteiger partial charge in [-0.25, -0.2) is 0 Å². The van der Waals surface area contributed by atoms with Crippen LogP contribution in [0.1, 0.15) is 630 Å². The van der Waals surface area contributed by atoms with Crippen molar-refractivity contribution in [3.63, 3.8) is 0 Å². The first-order valence-corrected chi connectivity index (χ1v) is 50.1. The lowest BCUT2D eigenvalue weighted by Gasteiger charge is -2.07. The van der Waals surface area contributed by atoms with Gasteiger partial charge >= 0.3 is 5.97 Å². The van der Waals surface area contributed by atoms with Crippen LogP contribution in [0, 0.1) is 0 Å². The molecule has 0 aliphatic heterocycles. The summed E-state index contributed by atoms with van der Waals surface area (Å²) >= 11 is 0. The van der Waals surface area contributed by atoms with E-state index in [-0.39, 0.29) is 6.42 Å². The van der Waals surface area contributed by atoms with Crippen molar-refractivity contribution in [2.24, 2.45) is 0 Å². The zero-order valence-electron chi connectivity index (χ0n) is 72.0. The molecule has 0 fully saturated rings. The van der Waals surface area contributed by atoms with Crippen molar-refractivity contribution in [1.29, 1.82) is 0 Å². The Hall–Kier alpha value is -0.570. The highest BCUT2D eigenvalue weighted by atomic mass is 16.4. The fourth-order valence-corrected chi connectivity index (χ4v) is 17.2. The van der Waals surface area contributed by atoms with Crippen molar-refractivity contribution in [2.75, 3.05) is 0 Å². The van der Waals surface area contributed by atoms with E-state index < -0.39 is 12.1 Å². The van der Waals surface area contributed by atoms with Gasteiger partial charge in [-0.1, -0.05) is 617 Å². The standard InChI is InChI=1S/C100H200O3/c1-2-3-4-5-6-7-8-9-10-11-12-13-14-15-16-17-18-19-20-21-22-23-24-25-26-27-28-29-30-31-32-33-34-35-36-37-38-39-40-41-42-43-44-45-46-47-48-49-50-51-52-53-54-55-56-57-58-59-60-61-62-63-64-65-66-67-68-69-70-71-72-73-74-75-76-77-78-79-80-81-82-83-84-85-86-87-88-89-90-91-92-93-94-95-96-97-99(101)98-100(102)103/h99,101H,2-98H2,1H3,(H,102,103). The maximum atomic E-state index is 10.6. The molecule has 0 aliphatic carbocycles. The molecule has 0 spiro atoms. The number of hydrogen-bond donors (Lipinski definition) is 2. The van der Waals surface area contributed by atoms with Gasteiger partial charge in [0.25, 0.3) is 0 Å². The SMILES string of the molecule is CCCCCCCCCCCCCCCCCCCCCCCCCCCCCCCCCCCCCCCCCCCCCCCCCCCCCCCCCCCCCCCCCCCCCCCCCCCCCCCCCCCCCCCCCCCCCCCCCC(O)CC(=O)O. The highest BCUT2D eigenvalue weighted by Gasteiger charge is 2.09. The first-order valence-electron chi connectivity index (χ1n) is 50.1. The second kappa shape index (κ2) is 97.5. The first-order chi connectivity index (χ1) is 51.2. The van der Waals surface area contributed by atoms with E-state index in [2.05, 4.69) is 6.92 Å². The van der Waals surface area contributed by atoms with Gasteiger partial charge in [0.15, 0.2) is 0 Å². The molecule has 0 radical (unpaired) electrons.